The molecule has 0 saturated heterocycles. The largest absolute Gasteiger partial charge is 0.356 e. The summed E-state index contributed by atoms with van der Waals surface area (Å²) in [5.74, 6) is 0. The number of hydrogen-bond acceptors (Lipinski definition) is 3. The third-order valence-electron chi connectivity index (χ3n) is 1.89. The van der Waals surface area contributed by atoms with Crippen molar-refractivity contribution in [2.75, 3.05) is 0 Å². The molecule has 1 unspecified atom stereocenters. The molecule has 4 heteroatoms. The van der Waals surface area contributed by atoms with E-state index in [1.165, 1.54) is 0 Å². The second kappa shape index (κ2) is 3.12. The van der Waals surface area contributed by atoms with Gasteiger partial charge in [0, 0.05) is 15.9 Å². The predicted molar refractivity (Wildman–Crippen MR) is 54.3 cm³/mol. The van der Waals surface area contributed by atoms with Gasteiger partial charge in [-0.1, -0.05) is 21.1 Å². The van der Waals surface area contributed by atoms with Gasteiger partial charge in [-0.05, 0) is 25.1 Å². The van der Waals surface area contributed by atoms with Gasteiger partial charge in [0.25, 0.3) is 0 Å². The van der Waals surface area contributed by atoms with Crippen LogP contribution in [0.2, 0.25) is 0 Å². The molecule has 0 aliphatic heterocycles. The monoisotopic (exact) mass is 240 g/mol. The van der Waals surface area contributed by atoms with Crippen molar-refractivity contribution in [1.29, 1.82) is 0 Å². The lowest BCUT2D eigenvalue weighted by Gasteiger charge is -1.98. The van der Waals surface area contributed by atoms with Crippen LogP contribution < -0.4 is 5.73 Å². The van der Waals surface area contributed by atoms with Gasteiger partial charge < -0.3 is 10.3 Å². The van der Waals surface area contributed by atoms with Crippen molar-refractivity contribution in [3.05, 3.63) is 28.4 Å². The quantitative estimate of drug-likeness (QED) is 0.834. The van der Waals surface area contributed by atoms with Crippen molar-refractivity contribution >= 4 is 26.9 Å². The fourth-order valence-corrected chi connectivity index (χ4v) is 1.60. The molecule has 2 N–H and O–H groups in total. The minimum atomic E-state index is -0.0950. The zero-order valence-corrected chi connectivity index (χ0v) is 8.71. The number of fused-ring (bicyclic) bond motifs is 1. The summed E-state index contributed by atoms with van der Waals surface area (Å²) in [5.41, 5.74) is 7.30. The molecule has 0 bridgehead atoms. The minimum Gasteiger partial charge on any atom is -0.356 e. The van der Waals surface area contributed by atoms with E-state index in [0.717, 1.165) is 21.1 Å². The molecule has 13 heavy (non-hydrogen) atoms. The van der Waals surface area contributed by atoms with Crippen LogP contribution in [0.15, 0.2) is 27.2 Å². The fourth-order valence-electron chi connectivity index (χ4n) is 1.26. The van der Waals surface area contributed by atoms with Gasteiger partial charge in [-0.2, -0.15) is 0 Å². The normalized spacial score (nSPS) is 13.5. The molecule has 68 valence electrons. The Labute approximate surface area is 84.0 Å². The van der Waals surface area contributed by atoms with Crippen LogP contribution >= 0.6 is 15.9 Å². The number of nitrogens with two attached hydrogens (primary N) is 1. The number of aromatic nitrogens is 1. The fraction of sp³-hybridized carbons (Fsp3) is 0.222. The molecule has 2 rings (SSSR count). The molecule has 1 heterocycles. The number of rotatable bonds is 1. The molecule has 1 aromatic carbocycles. The Kier molecular flexibility index (Phi) is 2.09. The Bertz CT molecular complexity index is 436. The predicted octanol–water partition coefficient (Wildman–Crippen LogP) is 2.61. The second-order valence-corrected chi connectivity index (χ2v) is 3.91. The molecule has 1 atom stereocenters. The van der Waals surface area contributed by atoms with Gasteiger partial charge >= 0.3 is 0 Å². The maximum atomic E-state index is 5.73. The average molecular weight is 241 g/mol. The van der Waals surface area contributed by atoms with Crippen LogP contribution in [-0.2, 0) is 0 Å². The molecular formula is C9H9BrN2O. The molecule has 2 aromatic rings. The Morgan fingerprint density at radius 3 is 3.00 bits per heavy atom. The summed E-state index contributed by atoms with van der Waals surface area (Å²) in [6, 6.07) is 5.69. The van der Waals surface area contributed by atoms with E-state index in [1.54, 1.807) is 0 Å². The summed E-state index contributed by atoms with van der Waals surface area (Å²) in [4.78, 5) is 0. The summed E-state index contributed by atoms with van der Waals surface area (Å²) < 4.78 is 6.11. The Balaban J connectivity index is 2.69. The number of hydrogen-bond donors (Lipinski definition) is 1. The number of nitrogens with zero attached hydrogens (tertiary/aromatic N) is 1. The van der Waals surface area contributed by atoms with E-state index in [9.17, 15) is 0 Å². The maximum absolute atomic E-state index is 5.73. The topological polar surface area (TPSA) is 52.0 Å². The smallest absolute Gasteiger partial charge is 0.168 e. The van der Waals surface area contributed by atoms with Crippen LogP contribution in [0.25, 0.3) is 11.0 Å². The lowest BCUT2D eigenvalue weighted by atomic mass is 10.1. The van der Waals surface area contributed by atoms with Gasteiger partial charge in [-0.3, -0.25) is 0 Å². The number of halogens is 1. The molecule has 0 radical (unpaired) electrons. The van der Waals surface area contributed by atoms with Crippen molar-refractivity contribution in [3.63, 3.8) is 0 Å². The molecule has 0 amide bonds. The van der Waals surface area contributed by atoms with Crippen molar-refractivity contribution in [2.24, 2.45) is 5.73 Å². The molecule has 0 saturated carbocycles. The van der Waals surface area contributed by atoms with Gasteiger partial charge in [0.05, 0.1) is 0 Å². The summed E-state index contributed by atoms with van der Waals surface area (Å²) in [5, 5.41) is 4.90. The van der Waals surface area contributed by atoms with Gasteiger partial charge in [-0.25, -0.2) is 0 Å². The maximum Gasteiger partial charge on any atom is 0.168 e. The van der Waals surface area contributed by atoms with Crippen LogP contribution in [-0.4, -0.2) is 5.16 Å². The first-order chi connectivity index (χ1) is 6.18. The van der Waals surface area contributed by atoms with E-state index in [4.69, 9.17) is 10.3 Å². The first-order valence-corrected chi connectivity index (χ1v) is 4.78. The van der Waals surface area contributed by atoms with Crippen LogP contribution in [0.1, 0.15) is 18.7 Å². The molecular weight excluding hydrogens is 232 g/mol. The first kappa shape index (κ1) is 8.72. The van der Waals surface area contributed by atoms with Gasteiger partial charge in [-0.15, -0.1) is 0 Å². The zero-order chi connectivity index (χ0) is 9.42. The molecule has 0 spiro atoms. The van der Waals surface area contributed by atoms with Crippen LogP contribution in [0.3, 0.4) is 0 Å². The van der Waals surface area contributed by atoms with E-state index in [1.807, 2.05) is 25.1 Å². The van der Waals surface area contributed by atoms with E-state index >= 15 is 0 Å². The third-order valence-corrected chi connectivity index (χ3v) is 2.39. The Hall–Kier alpha value is -0.870. The summed E-state index contributed by atoms with van der Waals surface area (Å²) in [6.45, 7) is 1.89. The highest BCUT2D eigenvalue weighted by molar-refractivity contribution is 9.10. The van der Waals surface area contributed by atoms with Crippen molar-refractivity contribution in [1.82, 2.24) is 5.16 Å². The average Bonchev–Trinajstić information content (AvgIpc) is 2.46. The van der Waals surface area contributed by atoms with Crippen molar-refractivity contribution in [2.45, 2.75) is 13.0 Å². The Morgan fingerprint density at radius 1 is 1.54 bits per heavy atom. The summed E-state index contributed by atoms with van der Waals surface area (Å²) in [7, 11) is 0. The van der Waals surface area contributed by atoms with Gasteiger partial charge in [0.1, 0.15) is 5.69 Å². The molecule has 3 nitrogen and oxygen atoms in total. The highest BCUT2D eigenvalue weighted by atomic mass is 79.9. The standard InChI is InChI=1S/C9H9BrN2O/c1-5(11)9-7-3-2-6(10)4-8(7)13-12-9/h2-5H,11H2,1H3. The van der Waals surface area contributed by atoms with E-state index < -0.39 is 0 Å². The van der Waals surface area contributed by atoms with Crippen LogP contribution in [0.5, 0.6) is 0 Å². The highest BCUT2D eigenvalue weighted by Gasteiger charge is 2.11. The van der Waals surface area contributed by atoms with Crippen molar-refractivity contribution in [3.8, 4) is 0 Å². The van der Waals surface area contributed by atoms with Crippen LogP contribution in [0, 0.1) is 0 Å². The summed E-state index contributed by atoms with van der Waals surface area (Å²) >= 11 is 3.36. The van der Waals surface area contributed by atoms with E-state index in [0.29, 0.717) is 0 Å². The first-order valence-electron chi connectivity index (χ1n) is 3.99. The number of benzene rings is 1. The molecule has 1 aromatic heterocycles. The highest BCUT2D eigenvalue weighted by Crippen LogP contribution is 2.25. The van der Waals surface area contributed by atoms with E-state index in [2.05, 4.69) is 21.1 Å². The molecule has 0 aliphatic carbocycles. The van der Waals surface area contributed by atoms with Gasteiger partial charge in [0.15, 0.2) is 5.58 Å². The third kappa shape index (κ3) is 1.47. The lowest BCUT2D eigenvalue weighted by Crippen LogP contribution is -2.05. The van der Waals surface area contributed by atoms with Gasteiger partial charge in [0.2, 0.25) is 0 Å². The Morgan fingerprint density at radius 2 is 2.31 bits per heavy atom. The molecule has 0 fully saturated rings. The zero-order valence-electron chi connectivity index (χ0n) is 7.12. The SMILES string of the molecule is CC(N)c1noc2cc(Br)ccc12. The summed E-state index contributed by atoms with van der Waals surface area (Å²) in [6.07, 6.45) is 0. The van der Waals surface area contributed by atoms with Crippen LogP contribution in [0.4, 0.5) is 0 Å². The van der Waals surface area contributed by atoms with E-state index in [-0.39, 0.29) is 6.04 Å². The second-order valence-electron chi connectivity index (χ2n) is 3.00. The minimum absolute atomic E-state index is 0.0950. The lowest BCUT2D eigenvalue weighted by molar-refractivity contribution is 0.440. The van der Waals surface area contributed by atoms with Crippen molar-refractivity contribution < 1.29 is 4.52 Å². The molecule has 0 aliphatic rings.